The number of ether oxygens (including phenoxy) is 1. The van der Waals surface area contributed by atoms with Crippen LogP contribution in [0.3, 0.4) is 0 Å². The quantitative estimate of drug-likeness (QED) is 0.766. The molecule has 64 valence electrons. The lowest BCUT2D eigenvalue weighted by Gasteiger charge is -2.04. The monoisotopic (exact) mass is 247 g/mol. The van der Waals surface area contributed by atoms with Gasteiger partial charge in [-0.3, -0.25) is 0 Å². The van der Waals surface area contributed by atoms with Gasteiger partial charge in [-0.2, -0.15) is 0 Å². The van der Waals surface area contributed by atoms with Crippen molar-refractivity contribution >= 4 is 27.5 Å². The molecule has 0 bridgehead atoms. The Morgan fingerprint density at radius 3 is 3.00 bits per heavy atom. The van der Waals surface area contributed by atoms with Crippen LogP contribution in [-0.4, -0.2) is 6.61 Å². The van der Waals surface area contributed by atoms with Gasteiger partial charge in [0.2, 0.25) is 0 Å². The Morgan fingerprint density at radius 2 is 2.33 bits per heavy atom. The lowest BCUT2D eigenvalue weighted by molar-refractivity contribution is 0.333. The molecule has 1 heterocycles. The van der Waals surface area contributed by atoms with Gasteiger partial charge in [0.05, 0.1) is 11.1 Å². The Bertz CT molecular complexity index is 329. The Balaban J connectivity index is 2.64. The highest BCUT2D eigenvalue weighted by Gasteiger charge is 2.25. The molecule has 1 aromatic rings. The van der Waals surface area contributed by atoms with E-state index in [1.54, 1.807) is 6.07 Å². The molecule has 1 aromatic carbocycles. The Hall–Kier alpha value is -0.250. The van der Waals surface area contributed by atoms with Gasteiger partial charge >= 0.3 is 0 Å². The standard InChI is InChI=1S/C8H7BrClNO/c9-4-1-2-5(10)8-7(4)6(11)3-12-8/h1-2,6H,3,11H2/t6-/m1/s1. The summed E-state index contributed by atoms with van der Waals surface area (Å²) in [5.74, 6) is 0.721. The number of fused-ring (bicyclic) bond motifs is 1. The maximum absolute atomic E-state index is 5.91. The molecule has 0 aromatic heterocycles. The summed E-state index contributed by atoms with van der Waals surface area (Å²) in [6.07, 6.45) is 0. The Kier molecular flexibility index (Phi) is 2.02. The second-order valence-electron chi connectivity index (χ2n) is 2.69. The van der Waals surface area contributed by atoms with E-state index in [0.29, 0.717) is 11.6 Å². The highest BCUT2D eigenvalue weighted by molar-refractivity contribution is 9.10. The molecule has 1 atom stereocenters. The first-order chi connectivity index (χ1) is 5.70. The summed E-state index contributed by atoms with van der Waals surface area (Å²) in [5.41, 5.74) is 6.78. The molecule has 0 saturated heterocycles. The second kappa shape index (κ2) is 2.91. The molecule has 0 radical (unpaired) electrons. The highest BCUT2D eigenvalue weighted by atomic mass is 79.9. The molecule has 12 heavy (non-hydrogen) atoms. The molecule has 1 aliphatic rings. The van der Waals surface area contributed by atoms with Crippen LogP contribution in [0, 0.1) is 0 Å². The van der Waals surface area contributed by atoms with Crippen LogP contribution in [0.15, 0.2) is 16.6 Å². The molecule has 4 heteroatoms. The summed E-state index contributed by atoms with van der Waals surface area (Å²) in [6.45, 7) is 0.512. The fourth-order valence-electron chi connectivity index (χ4n) is 1.30. The third-order valence-corrected chi connectivity index (χ3v) is 2.86. The van der Waals surface area contributed by atoms with Crippen molar-refractivity contribution in [2.24, 2.45) is 5.73 Å². The summed E-state index contributed by atoms with van der Waals surface area (Å²) in [5, 5.41) is 0.626. The van der Waals surface area contributed by atoms with Crippen LogP contribution in [-0.2, 0) is 0 Å². The van der Waals surface area contributed by atoms with Crippen molar-refractivity contribution in [3.8, 4) is 5.75 Å². The summed E-state index contributed by atoms with van der Waals surface area (Å²) in [7, 11) is 0. The zero-order valence-electron chi connectivity index (χ0n) is 6.18. The molecule has 2 rings (SSSR count). The average molecular weight is 249 g/mol. The van der Waals surface area contributed by atoms with Crippen molar-refractivity contribution in [2.45, 2.75) is 6.04 Å². The summed E-state index contributed by atoms with van der Waals surface area (Å²) < 4.78 is 6.30. The number of benzene rings is 1. The molecular weight excluding hydrogens is 241 g/mol. The molecule has 0 spiro atoms. The zero-order valence-corrected chi connectivity index (χ0v) is 8.52. The number of hydrogen-bond donors (Lipinski definition) is 1. The first kappa shape index (κ1) is 8.35. The second-order valence-corrected chi connectivity index (χ2v) is 3.95. The normalized spacial score (nSPS) is 20.4. The van der Waals surface area contributed by atoms with Crippen molar-refractivity contribution < 1.29 is 4.74 Å². The number of halogens is 2. The van der Waals surface area contributed by atoms with E-state index in [1.807, 2.05) is 6.07 Å². The molecule has 2 N–H and O–H groups in total. The van der Waals surface area contributed by atoms with Gasteiger partial charge in [-0.15, -0.1) is 0 Å². The number of nitrogens with two attached hydrogens (primary N) is 1. The van der Waals surface area contributed by atoms with Gasteiger partial charge in [0, 0.05) is 10.0 Å². The van der Waals surface area contributed by atoms with Crippen molar-refractivity contribution in [1.29, 1.82) is 0 Å². The van der Waals surface area contributed by atoms with Crippen LogP contribution in [0.2, 0.25) is 5.02 Å². The van der Waals surface area contributed by atoms with Crippen LogP contribution in [0.1, 0.15) is 11.6 Å². The third kappa shape index (κ3) is 1.13. The van der Waals surface area contributed by atoms with Gasteiger partial charge in [-0.05, 0) is 12.1 Å². The van der Waals surface area contributed by atoms with E-state index in [-0.39, 0.29) is 6.04 Å². The molecule has 0 amide bonds. The minimum atomic E-state index is -0.0620. The molecule has 1 aliphatic heterocycles. The minimum Gasteiger partial charge on any atom is -0.490 e. The van der Waals surface area contributed by atoms with E-state index in [9.17, 15) is 0 Å². The van der Waals surface area contributed by atoms with Crippen LogP contribution in [0.5, 0.6) is 5.75 Å². The van der Waals surface area contributed by atoms with Gasteiger partial charge in [-0.1, -0.05) is 27.5 Å². The van der Waals surface area contributed by atoms with E-state index in [2.05, 4.69) is 15.9 Å². The van der Waals surface area contributed by atoms with E-state index < -0.39 is 0 Å². The summed E-state index contributed by atoms with van der Waals surface area (Å²) >= 11 is 9.31. The van der Waals surface area contributed by atoms with E-state index in [1.165, 1.54) is 0 Å². The maximum Gasteiger partial charge on any atom is 0.144 e. The Labute approximate surface area is 83.8 Å². The summed E-state index contributed by atoms with van der Waals surface area (Å²) in [6, 6.07) is 3.62. The van der Waals surface area contributed by atoms with E-state index in [0.717, 1.165) is 15.8 Å². The van der Waals surface area contributed by atoms with Gasteiger partial charge < -0.3 is 10.5 Å². The molecule has 0 saturated carbocycles. The molecule has 0 fully saturated rings. The lowest BCUT2D eigenvalue weighted by atomic mass is 10.1. The van der Waals surface area contributed by atoms with Crippen LogP contribution in [0.4, 0.5) is 0 Å². The highest BCUT2D eigenvalue weighted by Crippen LogP contribution is 2.41. The van der Waals surface area contributed by atoms with Crippen molar-refractivity contribution in [2.75, 3.05) is 6.61 Å². The van der Waals surface area contributed by atoms with Crippen molar-refractivity contribution in [3.63, 3.8) is 0 Å². The minimum absolute atomic E-state index is 0.0620. The van der Waals surface area contributed by atoms with Gasteiger partial charge in [0.15, 0.2) is 0 Å². The fraction of sp³-hybridized carbons (Fsp3) is 0.250. The predicted octanol–water partition coefficient (Wildman–Crippen LogP) is 2.49. The number of hydrogen-bond acceptors (Lipinski definition) is 2. The lowest BCUT2D eigenvalue weighted by Crippen LogP contribution is -2.11. The van der Waals surface area contributed by atoms with E-state index >= 15 is 0 Å². The molecule has 0 aliphatic carbocycles. The summed E-state index contributed by atoms with van der Waals surface area (Å²) in [4.78, 5) is 0. The van der Waals surface area contributed by atoms with Gasteiger partial charge in [0.25, 0.3) is 0 Å². The van der Waals surface area contributed by atoms with Crippen LogP contribution < -0.4 is 10.5 Å². The smallest absolute Gasteiger partial charge is 0.144 e. The third-order valence-electron chi connectivity index (χ3n) is 1.87. The topological polar surface area (TPSA) is 35.2 Å². The Morgan fingerprint density at radius 1 is 1.58 bits per heavy atom. The molecular formula is C8H7BrClNO. The molecule has 0 unspecified atom stereocenters. The van der Waals surface area contributed by atoms with E-state index in [4.69, 9.17) is 22.1 Å². The van der Waals surface area contributed by atoms with Gasteiger partial charge in [-0.25, -0.2) is 0 Å². The van der Waals surface area contributed by atoms with Crippen LogP contribution in [0.25, 0.3) is 0 Å². The first-order valence-electron chi connectivity index (χ1n) is 3.56. The maximum atomic E-state index is 5.91. The van der Waals surface area contributed by atoms with Crippen molar-refractivity contribution in [3.05, 3.63) is 27.2 Å². The average Bonchev–Trinajstić information content (AvgIpc) is 2.42. The zero-order chi connectivity index (χ0) is 8.72. The fourth-order valence-corrected chi connectivity index (χ4v) is 2.12. The SMILES string of the molecule is N[C@@H]1COc2c(Cl)ccc(Br)c21. The van der Waals surface area contributed by atoms with Crippen LogP contribution >= 0.6 is 27.5 Å². The van der Waals surface area contributed by atoms with Gasteiger partial charge in [0.1, 0.15) is 12.4 Å². The predicted molar refractivity (Wildman–Crippen MR) is 51.6 cm³/mol. The molecule has 2 nitrogen and oxygen atoms in total. The first-order valence-corrected chi connectivity index (χ1v) is 4.73. The largest absolute Gasteiger partial charge is 0.490 e. The van der Waals surface area contributed by atoms with Crippen molar-refractivity contribution in [1.82, 2.24) is 0 Å². The number of rotatable bonds is 0.